The molecular formula is C15H27NO3. The molecule has 1 amide bonds. The highest BCUT2D eigenvalue weighted by molar-refractivity contribution is 5.79. The van der Waals surface area contributed by atoms with Gasteiger partial charge in [0.2, 0.25) is 5.91 Å². The second kappa shape index (κ2) is 6.40. The van der Waals surface area contributed by atoms with E-state index in [1.54, 1.807) is 11.9 Å². The fourth-order valence-corrected chi connectivity index (χ4v) is 2.89. The fraction of sp³-hybridized carbons (Fsp3) is 0.867. The Bertz CT molecular complexity index is 325. The van der Waals surface area contributed by atoms with Crippen molar-refractivity contribution in [1.29, 1.82) is 0 Å². The molecule has 1 fully saturated rings. The number of carbonyl (C=O) groups excluding carboxylic acids is 1. The second-order valence-corrected chi connectivity index (χ2v) is 6.82. The van der Waals surface area contributed by atoms with E-state index in [9.17, 15) is 9.59 Å². The smallest absolute Gasteiger partial charge is 0.305 e. The zero-order chi connectivity index (χ0) is 14.6. The quantitative estimate of drug-likeness (QED) is 0.853. The summed E-state index contributed by atoms with van der Waals surface area (Å²) in [5.74, 6) is 0.0583. The molecule has 0 aromatic heterocycles. The van der Waals surface area contributed by atoms with Crippen LogP contribution in [0.5, 0.6) is 0 Å². The van der Waals surface area contributed by atoms with Crippen molar-refractivity contribution in [2.75, 3.05) is 13.6 Å². The van der Waals surface area contributed by atoms with Gasteiger partial charge < -0.3 is 10.0 Å². The van der Waals surface area contributed by atoms with Crippen LogP contribution >= 0.6 is 0 Å². The van der Waals surface area contributed by atoms with Gasteiger partial charge in [-0.05, 0) is 37.0 Å². The molecule has 0 heterocycles. The number of hydrogen-bond acceptors (Lipinski definition) is 2. The van der Waals surface area contributed by atoms with Crippen LogP contribution in [0.4, 0.5) is 0 Å². The minimum Gasteiger partial charge on any atom is -0.481 e. The van der Waals surface area contributed by atoms with Crippen molar-refractivity contribution in [2.24, 2.45) is 17.3 Å². The highest BCUT2D eigenvalue weighted by Crippen LogP contribution is 2.40. The van der Waals surface area contributed by atoms with Crippen molar-refractivity contribution >= 4 is 11.9 Å². The van der Waals surface area contributed by atoms with E-state index < -0.39 is 5.97 Å². The van der Waals surface area contributed by atoms with Gasteiger partial charge in [0.05, 0.1) is 6.42 Å². The Morgan fingerprint density at radius 1 is 1.16 bits per heavy atom. The molecule has 4 heteroatoms. The molecule has 0 unspecified atom stereocenters. The molecule has 1 aliphatic rings. The minimum absolute atomic E-state index is 0.0274. The summed E-state index contributed by atoms with van der Waals surface area (Å²) in [5, 5.41) is 8.64. The summed E-state index contributed by atoms with van der Waals surface area (Å²) in [6.45, 7) is 7.10. The summed E-state index contributed by atoms with van der Waals surface area (Å²) in [5.41, 5.74) is 0.323. The van der Waals surface area contributed by atoms with E-state index in [1.165, 1.54) is 0 Å². The molecule has 0 bridgehead atoms. The lowest BCUT2D eigenvalue weighted by Crippen LogP contribution is -2.37. The largest absolute Gasteiger partial charge is 0.481 e. The Balaban J connectivity index is 2.42. The van der Waals surface area contributed by atoms with Crippen LogP contribution < -0.4 is 0 Å². The first kappa shape index (κ1) is 16.0. The van der Waals surface area contributed by atoms with Crippen molar-refractivity contribution in [3.05, 3.63) is 0 Å². The molecule has 1 saturated carbocycles. The molecule has 0 spiro atoms. The van der Waals surface area contributed by atoms with Crippen molar-refractivity contribution in [3.63, 3.8) is 0 Å². The molecule has 0 aromatic carbocycles. The van der Waals surface area contributed by atoms with E-state index >= 15 is 0 Å². The molecule has 19 heavy (non-hydrogen) atoms. The van der Waals surface area contributed by atoms with Gasteiger partial charge in [-0.25, -0.2) is 0 Å². The SMILES string of the molecule is CN(CCC(=O)O)C(=O)C1CCC(C(C)(C)C)CC1. The van der Waals surface area contributed by atoms with Crippen LogP contribution in [-0.2, 0) is 9.59 Å². The van der Waals surface area contributed by atoms with Crippen molar-refractivity contribution in [2.45, 2.75) is 52.9 Å². The lowest BCUT2D eigenvalue weighted by atomic mass is 9.69. The third-order valence-corrected chi connectivity index (χ3v) is 4.34. The molecule has 0 saturated heterocycles. The van der Waals surface area contributed by atoms with Crippen LogP contribution in [0.3, 0.4) is 0 Å². The number of carbonyl (C=O) groups is 2. The fourth-order valence-electron chi connectivity index (χ4n) is 2.89. The van der Waals surface area contributed by atoms with E-state index in [0.717, 1.165) is 25.7 Å². The van der Waals surface area contributed by atoms with Crippen LogP contribution in [0, 0.1) is 17.3 Å². The maximum atomic E-state index is 12.2. The van der Waals surface area contributed by atoms with Crippen molar-refractivity contribution in [1.82, 2.24) is 4.90 Å². The van der Waals surface area contributed by atoms with Gasteiger partial charge in [-0.1, -0.05) is 20.8 Å². The first-order valence-electron chi connectivity index (χ1n) is 7.18. The highest BCUT2D eigenvalue weighted by Gasteiger charge is 2.33. The number of carboxylic acids is 1. The van der Waals surface area contributed by atoms with Gasteiger partial charge in [-0.15, -0.1) is 0 Å². The predicted molar refractivity (Wildman–Crippen MR) is 74.8 cm³/mol. The lowest BCUT2D eigenvalue weighted by molar-refractivity contribution is -0.139. The molecule has 4 nitrogen and oxygen atoms in total. The Labute approximate surface area is 116 Å². The van der Waals surface area contributed by atoms with Crippen molar-refractivity contribution < 1.29 is 14.7 Å². The summed E-state index contributed by atoms with van der Waals surface area (Å²) < 4.78 is 0. The maximum absolute atomic E-state index is 12.2. The average Bonchev–Trinajstić information content (AvgIpc) is 2.34. The van der Waals surface area contributed by atoms with Gasteiger partial charge in [-0.3, -0.25) is 9.59 Å². The summed E-state index contributed by atoms with van der Waals surface area (Å²) in [4.78, 5) is 24.3. The number of rotatable bonds is 4. The van der Waals surface area contributed by atoms with Gasteiger partial charge in [-0.2, -0.15) is 0 Å². The summed E-state index contributed by atoms with van der Waals surface area (Å²) >= 11 is 0. The molecule has 1 aliphatic carbocycles. The molecule has 0 atom stereocenters. The van der Waals surface area contributed by atoms with E-state index in [1.807, 2.05) is 0 Å². The molecule has 1 rings (SSSR count). The van der Waals surface area contributed by atoms with Crippen LogP contribution in [0.25, 0.3) is 0 Å². The summed E-state index contributed by atoms with van der Waals surface area (Å²) in [7, 11) is 1.71. The summed E-state index contributed by atoms with van der Waals surface area (Å²) in [6, 6.07) is 0. The van der Waals surface area contributed by atoms with Gasteiger partial charge in [0.25, 0.3) is 0 Å². The maximum Gasteiger partial charge on any atom is 0.305 e. The van der Waals surface area contributed by atoms with Gasteiger partial charge in [0.1, 0.15) is 0 Å². The van der Waals surface area contributed by atoms with Gasteiger partial charge in [0.15, 0.2) is 0 Å². The second-order valence-electron chi connectivity index (χ2n) is 6.82. The topological polar surface area (TPSA) is 57.6 Å². The number of amides is 1. The summed E-state index contributed by atoms with van der Waals surface area (Å²) in [6.07, 6.45) is 4.12. The Kier molecular flexibility index (Phi) is 5.39. The van der Waals surface area contributed by atoms with E-state index in [-0.39, 0.29) is 18.2 Å². The third kappa shape index (κ3) is 4.84. The van der Waals surface area contributed by atoms with Gasteiger partial charge in [0, 0.05) is 19.5 Å². The molecular weight excluding hydrogens is 242 g/mol. The zero-order valence-corrected chi connectivity index (χ0v) is 12.6. The van der Waals surface area contributed by atoms with E-state index in [0.29, 0.717) is 17.9 Å². The van der Waals surface area contributed by atoms with Crippen LogP contribution in [0.15, 0.2) is 0 Å². The monoisotopic (exact) mass is 269 g/mol. The first-order valence-corrected chi connectivity index (χ1v) is 7.18. The predicted octanol–water partition coefficient (Wildman–Crippen LogP) is 2.77. The first-order chi connectivity index (χ1) is 8.71. The number of nitrogens with zero attached hydrogens (tertiary/aromatic N) is 1. The highest BCUT2D eigenvalue weighted by atomic mass is 16.4. The molecule has 0 aliphatic heterocycles. The molecule has 110 valence electrons. The zero-order valence-electron chi connectivity index (χ0n) is 12.6. The van der Waals surface area contributed by atoms with Crippen LogP contribution in [0.1, 0.15) is 52.9 Å². The third-order valence-electron chi connectivity index (χ3n) is 4.34. The van der Waals surface area contributed by atoms with Gasteiger partial charge >= 0.3 is 5.97 Å². The van der Waals surface area contributed by atoms with E-state index in [2.05, 4.69) is 20.8 Å². The minimum atomic E-state index is -0.851. The van der Waals surface area contributed by atoms with Crippen LogP contribution in [0.2, 0.25) is 0 Å². The standard InChI is InChI=1S/C15H27NO3/c1-15(2,3)12-7-5-11(6-8-12)14(19)16(4)10-9-13(17)18/h11-12H,5-10H2,1-4H3,(H,17,18). The Morgan fingerprint density at radius 2 is 1.68 bits per heavy atom. The Hall–Kier alpha value is -1.06. The van der Waals surface area contributed by atoms with Crippen molar-refractivity contribution in [3.8, 4) is 0 Å². The number of hydrogen-bond donors (Lipinski definition) is 1. The number of aliphatic carboxylic acids is 1. The normalized spacial score (nSPS) is 24.0. The molecule has 0 aromatic rings. The molecule has 1 N–H and O–H groups in total. The number of carboxylic acid groups (broad SMARTS) is 1. The molecule has 0 radical (unpaired) electrons. The Morgan fingerprint density at radius 3 is 2.11 bits per heavy atom. The average molecular weight is 269 g/mol. The van der Waals surface area contributed by atoms with E-state index in [4.69, 9.17) is 5.11 Å². The van der Waals surface area contributed by atoms with Crippen LogP contribution in [-0.4, -0.2) is 35.5 Å². The lowest BCUT2D eigenvalue weighted by Gasteiger charge is -2.37.